The van der Waals surface area contributed by atoms with Gasteiger partial charge in [0.1, 0.15) is 0 Å². The lowest BCUT2D eigenvalue weighted by Gasteiger charge is -2.18. The van der Waals surface area contributed by atoms with Gasteiger partial charge >= 0.3 is 0 Å². The van der Waals surface area contributed by atoms with Gasteiger partial charge in [-0.25, -0.2) is 0 Å². The van der Waals surface area contributed by atoms with Crippen LogP contribution in [0.1, 0.15) is 38.7 Å². The van der Waals surface area contributed by atoms with Gasteiger partial charge in [-0.3, -0.25) is 0 Å². The van der Waals surface area contributed by atoms with E-state index >= 15 is 0 Å². The van der Waals surface area contributed by atoms with Gasteiger partial charge in [0.05, 0.1) is 12.7 Å². The molecule has 0 amide bonds. The van der Waals surface area contributed by atoms with E-state index in [1.165, 1.54) is 5.56 Å². The molecule has 0 radical (unpaired) electrons. The normalized spacial score (nSPS) is 12.6. The van der Waals surface area contributed by atoms with Crippen molar-refractivity contribution in [3.8, 4) is 0 Å². The van der Waals surface area contributed by atoms with E-state index in [1.807, 2.05) is 24.3 Å². The van der Waals surface area contributed by atoms with Gasteiger partial charge in [-0.1, -0.05) is 44.0 Å². The molecule has 0 saturated heterocycles. The second-order valence-corrected chi connectivity index (χ2v) is 4.99. The third-order valence-corrected chi connectivity index (χ3v) is 3.06. The predicted octanol–water partition coefficient (Wildman–Crippen LogP) is 4.02. The first kappa shape index (κ1) is 15.5. The van der Waals surface area contributed by atoms with Crippen molar-refractivity contribution in [2.75, 3.05) is 13.1 Å². The Balaban J connectivity index is 2.33. The van der Waals surface area contributed by atoms with E-state index in [0.717, 1.165) is 37.4 Å². The van der Waals surface area contributed by atoms with Crippen molar-refractivity contribution in [3.63, 3.8) is 0 Å². The minimum atomic E-state index is 0.303. The molecule has 1 N–H and O–H groups in total. The fourth-order valence-electron chi connectivity index (χ4n) is 1.80. The minimum Gasteiger partial charge on any atom is -0.372 e. The summed E-state index contributed by atoms with van der Waals surface area (Å²) in [6.45, 7) is 7.03. The summed E-state index contributed by atoms with van der Waals surface area (Å²) < 4.78 is 5.95. The van der Waals surface area contributed by atoms with E-state index in [0.29, 0.717) is 12.7 Å². The molecule has 1 aromatic rings. The molecule has 2 nitrogen and oxygen atoms in total. The summed E-state index contributed by atoms with van der Waals surface area (Å²) in [5.41, 5.74) is 1.18. The first-order valence-corrected chi connectivity index (χ1v) is 7.20. The van der Waals surface area contributed by atoms with E-state index in [-0.39, 0.29) is 0 Å². The van der Waals surface area contributed by atoms with Crippen molar-refractivity contribution < 1.29 is 4.74 Å². The first-order valence-electron chi connectivity index (χ1n) is 6.83. The van der Waals surface area contributed by atoms with Crippen LogP contribution in [0.3, 0.4) is 0 Å². The van der Waals surface area contributed by atoms with Crippen LogP contribution in [-0.2, 0) is 11.3 Å². The maximum absolute atomic E-state index is 5.95. The van der Waals surface area contributed by atoms with Crippen LogP contribution in [-0.4, -0.2) is 19.2 Å². The van der Waals surface area contributed by atoms with Gasteiger partial charge in [0, 0.05) is 11.6 Å². The average molecular weight is 270 g/mol. The Bertz CT molecular complexity index is 313. The quantitative estimate of drug-likeness (QED) is 0.684. The van der Waals surface area contributed by atoms with Crippen molar-refractivity contribution >= 4 is 11.6 Å². The summed E-state index contributed by atoms with van der Waals surface area (Å²) in [5.74, 6) is 0. The molecule has 1 rings (SSSR count). The summed E-state index contributed by atoms with van der Waals surface area (Å²) in [6.07, 6.45) is 3.72. The average Bonchev–Trinajstić information content (AvgIpc) is 2.38. The Morgan fingerprint density at radius 1 is 1.17 bits per heavy atom. The van der Waals surface area contributed by atoms with Gasteiger partial charge in [-0.2, -0.15) is 0 Å². The van der Waals surface area contributed by atoms with Crippen LogP contribution in [0.15, 0.2) is 24.3 Å². The number of nitrogens with one attached hydrogen (secondary N) is 1. The summed E-state index contributed by atoms with van der Waals surface area (Å²) in [5, 5.41) is 4.19. The highest BCUT2D eigenvalue weighted by Crippen LogP contribution is 2.12. The molecule has 0 fully saturated rings. The molecule has 0 heterocycles. The van der Waals surface area contributed by atoms with Gasteiger partial charge < -0.3 is 10.1 Å². The maximum Gasteiger partial charge on any atom is 0.0721 e. The third kappa shape index (κ3) is 6.39. The largest absolute Gasteiger partial charge is 0.372 e. The second-order valence-electron chi connectivity index (χ2n) is 4.55. The number of hydrogen-bond donors (Lipinski definition) is 1. The van der Waals surface area contributed by atoms with E-state index in [4.69, 9.17) is 16.3 Å². The lowest BCUT2D eigenvalue weighted by molar-refractivity contribution is 0.0349. The van der Waals surface area contributed by atoms with Gasteiger partial charge in [0.2, 0.25) is 0 Å². The highest BCUT2D eigenvalue weighted by molar-refractivity contribution is 6.30. The maximum atomic E-state index is 5.95. The molecule has 0 bridgehead atoms. The molecule has 102 valence electrons. The fourth-order valence-corrected chi connectivity index (χ4v) is 1.93. The zero-order chi connectivity index (χ0) is 13.2. The van der Waals surface area contributed by atoms with Gasteiger partial charge in [0.25, 0.3) is 0 Å². The minimum absolute atomic E-state index is 0.303. The number of hydrogen-bond acceptors (Lipinski definition) is 2. The molecule has 18 heavy (non-hydrogen) atoms. The standard InChI is InChI=1S/C15H24ClNO/c1-3-5-15(11-17-10-4-2)18-12-13-6-8-14(16)9-7-13/h6-9,15,17H,3-5,10-12H2,1-2H3. The smallest absolute Gasteiger partial charge is 0.0721 e. The monoisotopic (exact) mass is 269 g/mol. The summed E-state index contributed by atoms with van der Waals surface area (Å²) >= 11 is 5.86. The Labute approximate surface area is 116 Å². The fraction of sp³-hybridized carbons (Fsp3) is 0.600. The lowest BCUT2D eigenvalue weighted by Crippen LogP contribution is -2.29. The molecular formula is C15H24ClNO. The highest BCUT2D eigenvalue weighted by atomic mass is 35.5. The number of benzene rings is 1. The molecule has 0 aromatic heterocycles. The molecule has 0 saturated carbocycles. The third-order valence-electron chi connectivity index (χ3n) is 2.81. The molecule has 0 spiro atoms. The molecule has 1 unspecified atom stereocenters. The van der Waals surface area contributed by atoms with Gasteiger partial charge in [0.15, 0.2) is 0 Å². The number of halogens is 1. The van der Waals surface area contributed by atoms with Gasteiger partial charge in [-0.15, -0.1) is 0 Å². The van der Waals surface area contributed by atoms with Crippen LogP contribution in [0.5, 0.6) is 0 Å². The highest BCUT2D eigenvalue weighted by Gasteiger charge is 2.07. The van der Waals surface area contributed by atoms with Crippen molar-refractivity contribution in [1.29, 1.82) is 0 Å². The molecular weight excluding hydrogens is 246 g/mol. The van der Waals surface area contributed by atoms with Crippen molar-refractivity contribution in [1.82, 2.24) is 5.32 Å². The van der Waals surface area contributed by atoms with Crippen LogP contribution >= 0.6 is 11.6 Å². The Morgan fingerprint density at radius 2 is 1.89 bits per heavy atom. The van der Waals surface area contributed by atoms with E-state index < -0.39 is 0 Å². The topological polar surface area (TPSA) is 21.3 Å². The predicted molar refractivity (Wildman–Crippen MR) is 78.1 cm³/mol. The second kappa shape index (κ2) is 9.37. The molecule has 1 atom stereocenters. The molecule has 3 heteroatoms. The zero-order valence-corrected chi connectivity index (χ0v) is 12.2. The lowest BCUT2D eigenvalue weighted by atomic mass is 10.2. The molecule has 0 aliphatic heterocycles. The Morgan fingerprint density at radius 3 is 2.50 bits per heavy atom. The zero-order valence-electron chi connectivity index (χ0n) is 11.4. The van der Waals surface area contributed by atoms with E-state index in [1.54, 1.807) is 0 Å². The summed E-state index contributed by atoms with van der Waals surface area (Å²) in [4.78, 5) is 0. The Kier molecular flexibility index (Phi) is 8.06. The van der Waals surface area contributed by atoms with Crippen molar-refractivity contribution in [3.05, 3.63) is 34.9 Å². The van der Waals surface area contributed by atoms with Crippen molar-refractivity contribution in [2.24, 2.45) is 0 Å². The van der Waals surface area contributed by atoms with Crippen molar-refractivity contribution in [2.45, 2.75) is 45.8 Å². The first-order chi connectivity index (χ1) is 8.76. The van der Waals surface area contributed by atoms with Crippen LogP contribution in [0.25, 0.3) is 0 Å². The Hall–Kier alpha value is -0.570. The number of ether oxygens (including phenoxy) is 1. The molecule has 0 aliphatic rings. The van der Waals surface area contributed by atoms with Crippen LogP contribution in [0.2, 0.25) is 5.02 Å². The van der Waals surface area contributed by atoms with Crippen LogP contribution in [0, 0.1) is 0 Å². The van der Waals surface area contributed by atoms with Crippen LogP contribution in [0.4, 0.5) is 0 Å². The summed E-state index contributed by atoms with van der Waals surface area (Å²) in [7, 11) is 0. The SMILES string of the molecule is CCCNCC(CCC)OCc1ccc(Cl)cc1. The molecule has 0 aliphatic carbocycles. The van der Waals surface area contributed by atoms with Crippen LogP contribution < -0.4 is 5.32 Å². The van der Waals surface area contributed by atoms with E-state index in [9.17, 15) is 0 Å². The summed E-state index contributed by atoms with van der Waals surface area (Å²) in [6, 6.07) is 7.85. The number of rotatable bonds is 9. The molecule has 1 aromatic carbocycles. The van der Waals surface area contributed by atoms with E-state index in [2.05, 4.69) is 19.2 Å². The van der Waals surface area contributed by atoms with Gasteiger partial charge in [-0.05, 0) is 37.1 Å².